The Balaban J connectivity index is 1.71. The summed E-state index contributed by atoms with van der Waals surface area (Å²) in [5.41, 5.74) is 0.835. The molecule has 4 nitrogen and oxygen atoms in total. The summed E-state index contributed by atoms with van der Waals surface area (Å²) in [6.07, 6.45) is 4.55. The second kappa shape index (κ2) is 6.33. The Hall–Kier alpha value is -1.77. The first kappa shape index (κ1) is 14.2. The van der Waals surface area contributed by atoms with Crippen molar-refractivity contribution in [3.63, 3.8) is 0 Å². The Bertz CT molecular complexity index is 650. The van der Waals surface area contributed by atoms with Gasteiger partial charge in [0.2, 0.25) is 0 Å². The van der Waals surface area contributed by atoms with Crippen molar-refractivity contribution in [2.75, 3.05) is 6.61 Å². The average molecular weight is 300 g/mol. The molecule has 108 valence electrons. The van der Waals surface area contributed by atoms with Crippen LogP contribution in [-0.4, -0.2) is 23.5 Å². The van der Waals surface area contributed by atoms with Gasteiger partial charge in [-0.3, -0.25) is 4.79 Å². The number of hydrogen-bond acceptors (Lipinski definition) is 5. The Kier molecular flexibility index (Phi) is 4.28. The number of ketones is 1. The molecule has 1 heterocycles. The Morgan fingerprint density at radius 3 is 2.90 bits per heavy atom. The van der Waals surface area contributed by atoms with E-state index in [0.717, 1.165) is 23.1 Å². The van der Waals surface area contributed by atoms with Crippen molar-refractivity contribution in [2.24, 2.45) is 0 Å². The van der Waals surface area contributed by atoms with Crippen molar-refractivity contribution < 1.29 is 9.53 Å². The molecule has 1 aliphatic rings. The Morgan fingerprint density at radius 1 is 1.43 bits per heavy atom. The van der Waals surface area contributed by atoms with E-state index >= 15 is 0 Å². The summed E-state index contributed by atoms with van der Waals surface area (Å²) < 4.78 is 6.62. The molecule has 1 aliphatic carbocycles. The maximum Gasteiger partial charge on any atom is 0.182 e. The van der Waals surface area contributed by atoms with Crippen LogP contribution in [0.5, 0.6) is 0 Å². The fourth-order valence-electron chi connectivity index (χ4n) is 2.62. The number of carbonyl (C=O) groups excluding carboxylic acids is 1. The highest BCUT2D eigenvalue weighted by Crippen LogP contribution is 2.28. The molecular weight excluding hydrogens is 284 g/mol. The number of benzene rings is 1. The number of para-hydroxylation sites is 1. The standard InChI is InChI=1S/C16H16N2O2S/c17-9-12(14(19)10-20-11-5-1-2-6-11)16-18-13-7-3-4-8-15(13)21-16/h3-4,7-8,11-12H,1-2,5-6,10H2. The van der Waals surface area contributed by atoms with E-state index in [9.17, 15) is 10.1 Å². The molecule has 0 bridgehead atoms. The minimum absolute atomic E-state index is 0.0127. The summed E-state index contributed by atoms with van der Waals surface area (Å²) in [6.45, 7) is 0.0127. The average Bonchev–Trinajstić information content (AvgIpc) is 3.15. The van der Waals surface area contributed by atoms with E-state index in [4.69, 9.17) is 4.74 Å². The van der Waals surface area contributed by atoms with Gasteiger partial charge in [0.1, 0.15) is 11.6 Å². The molecule has 1 atom stereocenters. The fourth-order valence-corrected chi connectivity index (χ4v) is 3.65. The van der Waals surface area contributed by atoms with E-state index in [2.05, 4.69) is 11.1 Å². The molecule has 21 heavy (non-hydrogen) atoms. The van der Waals surface area contributed by atoms with Crippen LogP contribution in [0.2, 0.25) is 0 Å². The first-order valence-electron chi connectivity index (χ1n) is 7.17. The zero-order valence-electron chi connectivity index (χ0n) is 11.6. The van der Waals surface area contributed by atoms with Gasteiger partial charge in [-0.15, -0.1) is 11.3 Å². The molecule has 0 N–H and O–H groups in total. The molecule has 1 aromatic carbocycles. The fraction of sp³-hybridized carbons (Fsp3) is 0.438. The van der Waals surface area contributed by atoms with E-state index in [1.807, 2.05) is 24.3 Å². The summed E-state index contributed by atoms with van der Waals surface area (Å²) in [5, 5.41) is 9.88. The second-order valence-corrected chi connectivity index (χ2v) is 6.33. The van der Waals surface area contributed by atoms with Crippen LogP contribution in [0, 0.1) is 11.3 Å². The van der Waals surface area contributed by atoms with Gasteiger partial charge < -0.3 is 4.74 Å². The van der Waals surface area contributed by atoms with E-state index in [0.29, 0.717) is 5.01 Å². The van der Waals surface area contributed by atoms with Gasteiger partial charge in [0, 0.05) is 0 Å². The number of nitriles is 1. The van der Waals surface area contributed by atoms with Crippen LogP contribution in [0.1, 0.15) is 36.6 Å². The molecule has 1 aromatic heterocycles. The van der Waals surface area contributed by atoms with Gasteiger partial charge in [-0.2, -0.15) is 5.26 Å². The van der Waals surface area contributed by atoms with Crippen molar-refractivity contribution >= 4 is 27.3 Å². The third-order valence-electron chi connectivity index (χ3n) is 3.77. The first-order valence-corrected chi connectivity index (χ1v) is 7.99. The lowest BCUT2D eigenvalue weighted by molar-refractivity contribution is -0.125. The number of hydrogen-bond donors (Lipinski definition) is 0. The normalized spacial score (nSPS) is 16.9. The topological polar surface area (TPSA) is 63.0 Å². The van der Waals surface area contributed by atoms with Gasteiger partial charge in [0.15, 0.2) is 11.7 Å². The lowest BCUT2D eigenvalue weighted by Crippen LogP contribution is -2.20. The number of thiazole rings is 1. The minimum atomic E-state index is -0.816. The van der Waals surface area contributed by atoms with Crippen molar-refractivity contribution in [2.45, 2.75) is 37.7 Å². The molecule has 1 fully saturated rings. The van der Waals surface area contributed by atoms with Gasteiger partial charge in [-0.25, -0.2) is 4.98 Å². The molecule has 0 spiro atoms. The maximum atomic E-state index is 12.2. The molecule has 3 rings (SSSR count). The molecule has 2 aromatic rings. The van der Waals surface area contributed by atoms with Crippen molar-refractivity contribution in [1.29, 1.82) is 5.26 Å². The predicted molar refractivity (Wildman–Crippen MR) is 81.2 cm³/mol. The zero-order chi connectivity index (χ0) is 14.7. The Morgan fingerprint density at radius 2 is 2.19 bits per heavy atom. The molecule has 0 amide bonds. The van der Waals surface area contributed by atoms with Gasteiger partial charge >= 0.3 is 0 Å². The third kappa shape index (κ3) is 3.12. The van der Waals surface area contributed by atoms with Crippen LogP contribution in [0.25, 0.3) is 10.2 Å². The van der Waals surface area contributed by atoms with Gasteiger partial charge in [-0.1, -0.05) is 25.0 Å². The second-order valence-electron chi connectivity index (χ2n) is 5.27. The lowest BCUT2D eigenvalue weighted by atomic mass is 10.1. The largest absolute Gasteiger partial charge is 0.370 e. The van der Waals surface area contributed by atoms with Crippen molar-refractivity contribution in [3.05, 3.63) is 29.3 Å². The number of fused-ring (bicyclic) bond motifs is 1. The molecule has 0 saturated heterocycles. The van der Waals surface area contributed by atoms with E-state index in [-0.39, 0.29) is 18.5 Å². The molecule has 0 radical (unpaired) electrons. The van der Waals surface area contributed by atoms with E-state index < -0.39 is 5.92 Å². The molecule has 1 unspecified atom stereocenters. The number of rotatable bonds is 5. The van der Waals surface area contributed by atoms with Gasteiger partial charge in [0.25, 0.3) is 0 Å². The SMILES string of the molecule is N#CC(C(=O)COC1CCCC1)c1nc2ccccc2s1. The van der Waals surface area contributed by atoms with Crippen LogP contribution in [0.3, 0.4) is 0 Å². The third-order valence-corrected chi connectivity index (χ3v) is 4.87. The molecular formula is C16H16N2O2S. The van der Waals surface area contributed by atoms with Gasteiger partial charge in [0.05, 0.1) is 22.4 Å². The highest BCUT2D eigenvalue weighted by atomic mass is 32.1. The van der Waals surface area contributed by atoms with Crippen LogP contribution in [0.4, 0.5) is 0 Å². The summed E-state index contributed by atoms with van der Waals surface area (Å²) >= 11 is 1.41. The lowest BCUT2D eigenvalue weighted by Gasteiger charge is -2.11. The van der Waals surface area contributed by atoms with E-state index in [1.165, 1.54) is 24.2 Å². The number of ether oxygens (including phenoxy) is 1. The summed E-state index contributed by atoms with van der Waals surface area (Å²) in [7, 11) is 0. The summed E-state index contributed by atoms with van der Waals surface area (Å²) in [6, 6.07) is 9.74. The molecule has 1 saturated carbocycles. The van der Waals surface area contributed by atoms with Crippen LogP contribution in [-0.2, 0) is 9.53 Å². The zero-order valence-corrected chi connectivity index (χ0v) is 12.4. The number of Topliss-reactive ketones (excluding diaryl/α,β-unsaturated/α-hetero) is 1. The van der Waals surface area contributed by atoms with Gasteiger partial charge in [-0.05, 0) is 25.0 Å². The van der Waals surface area contributed by atoms with Crippen LogP contribution >= 0.6 is 11.3 Å². The first-order chi connectivity index (χ1) is 10.3. The smallest absolute Gasteiger partial charge is 0.182 e. The van der Waals surface area contributed by atoms with Crippen molar-refractivity contribution in [1.82, 2.24) is 4.98 Å². The summed E-state index contributed by atoms with van der Waals surface area (Å²) in [4.78, 5) is 16.6. The number of nitrogens with zero attached hydrogens (tertiary/aromatic N) is 2. The monoisotopic (exact) mass is 300 g/mol. The maximum absolute atomic E-state index is 12.2. The van der Waals surface area contributed by atoms with Crippen molar-refractivity contribution in [3.8, 4) is 6.07 Å². The number of carbonyl (C=O) groups is 1. The van der Waals surface area contributed by atoms with Crippen LogP contribution < -0.4 is 0 Å². The summed E-state index contributed by atoms with van der Waals surface area (Å²) in [5.74, 6) is -1.01. The molecule has 0 aliphatic heterocycles. The quantitative estimate of drug-likeness (QED) is 0.848. The predicted octanol–water partition coefficient (Wildman–Crippen LogP) is 3.43. The highest BCUT2D eigenvalue weighted by Gasteiger charge is 2.25. The van der Waals surface area contributed by atoms with E-state index in [1.54, 1.807) is 0 Å². The Labute approximate surface area is 127 Å². The molecule has 5 heteroatoms. The van der Waals surface area contributed by atoms with Crippen LogP contribution in [0.15, 0.2) is 24.3 Å². The number of aromatic nitrogens is 1. The highest BCUT2D eigenvalue weighted by molar-refractivity contribution is 7.18. The minimum Gasteiger partial charge on any atom is -0.370 e.